The van der Waals surface area contributed by atoms with Gasteiger partial charge in [-0.05, 0) is 29.0 Å². The Kier molecular flexibility index (Phi) is 8.01. The van der Waals surface area contributed by atoms with E-state index in [1.165, 1.54) is 36.0 Å². The van der Waals surface area contributed by atoms with E-state index < -0.39 is 18.0 Å². The molecule has 1 N–H and O–H groups in total. The summed E-state index contributed by atoms with van der Waals surface area (Å²) in [7, 11) is 1.33. The van der Waals surface area contributed by atoms with Crippen LogP contribution in [0.4, 0.5) is 5.69 Å². The summed E-state index contributed by atoms with van der Waals surface area (Å²) in [5.74, 6) is -0.0725. The lowest BCUT2D eigenvalue weighted by atomic mass is 9.77. The topological polar surface area (TPSA) is 94.6 Å². The Morgan fingerprint density at radius 2 is 1.92 bits per heavy atom. The van der Waals surface area contributed by atoms with Gasteiger partial charge in [0.1, 0.15) is 11.4 Å². The number of carbonyl (C=O) groups is 3. The number of benzene rings is 1. The highest BCUT2D eigenvalue weighted by atomic mass is 32.1. The number of Topliss-reactive ketones (excluding diaryl/α,β-unsaturated/α-hetero) is 1. The van der Waals surface area contributed by atoms with Crippen molar-refractivity contribution < 1.29 is 28.3 Å². The number of nitrogens with zero attached hydrogens (tertiary/aromatic N) is 2. The molecule has 0 radical (unpaired) electrons. The molecule has 8 nitrogen and oxygen atoms in total. The number of hydrogen-bond acceptors (Lipinski definition) is 9. The van der Waals surface area contributed by atoms with Crippen LogP contribution in [0, 0.1) is 11.8 Å². The van der Waals surface area contributed by atoms with Crippen molar-refractivity contribution in [2.75, 3.05) is 38.6 Å². The van der Waals surface area contributed by atoms with Crippen molar-refractivity contribution in [1.82, 2.24) is 4.98 Å². The summed E-state index contributed by atoms with van der Waals surface area (Å²) in [4.78, 5) is 42.8. The number of rotatable bonds is 10. The first-order chi connectivity index (χ1) is 18.5. The molecule has 38 heavy (non-hydrogen) atoms. The minimum absolute atomic E-state index is 0.103. The quantitative estimate of drug-likeness (QED) is 0.165. The molecule has 3 aromatic rings. The van der Waals surface area contributed by atoms with E-state index in [0.29, 0.717) is 28.0 Å². The van der Waals surface area contributed by atoms with E-state index in [0.717, 1.165) is 42.5 Å². The van der Waals surface area contributed by atoms with E-state index in [4.69, 9.17) is 9.47 Å². The summed E-state index contributed by atoms with van der Waals surface area (Å²) in [5.41, 5.74) is 1.24. The van der Waals surface area contributed by atoms with E-state index in [9.17, 15) is 14.4 Å². The number of ether oxygens (including phenoxy) is 2. The average molecular weight is 553 g/mol. The summed E-state index contributed by atoms with van der Waals surface area (Å²) in [6, 6.07) is 10.2. The Morgan fingerprint density at radius 3 is 2.63 bits per heavy atom. The van der Waals surface area contributed by atoms with Crippen LogP contribution < -0.4 is 5.32 Å². The molecule has 2 unspecified atom stereocenters. The third-order valence-corrected chi connectivity index (χ3v) is 9.22. The fraction of sp³-hybridized carbons (Fsp3) is 0.357. The predicted octanol–water partition coefficient (Wildman–Crippen LogP) is 4.94. The molecule has 2 aromatic heterocycles. The van der Waals surface area contributed by atoms with Gasteiger partial charge in [-0.2, -0.15) is 0 Å². The maximum absolute atomic E-state index is 13.3. The SMILES string of the molecule is COC(=O)c1sccc1NC(C(=O)OC=CC1C[N+]2(CC(=O)c3nccs3)CCC1CC2)c1ccccc1. The number of thiazole rings is 1. The minimum Gasteiger partial charge on any atom is -0.465 e. The normalized spacial score (nSPS) is 23.2. The number of ketones is 1. The van der Waals surface area contributed by atoms with Gasteiger partial charge in [0, 0.05) is 30.3 Å². The standard InChI is InChI=1S/C28H29N3O5S2/c1-35-28(34)25-22(10-15-37-25)30-24(20-5-3-2-4-6-20)27(33)36-14-9-21-17-31(12-7-19(21)8-13-31)18-23(32)26-29-11-16-38-26/h2-6,9-11,14-16,19,21,24H,7-8,12-13,17-18H2,1H3/p+1. The molecule has 3 fully saturated rings. The van der Waals surface area contributed by atoms with Crippen molar-refractivity contribution in [1.29, 1.82) is 0 Å². The van der Waals surface area contributed by atoms with E-state index in [1.54, 1.807) is 17.6 Å². The van der Waals surface area contributed by atoms with Gasteiger partial charge in [0.05, 0.1) is 38.7 Å². The van der Waals surface area contributed by atoms with Gasteiger partial charge in [0.15, 0.2) is 11.0 Å². The number of anilines is 1. The maximum atomic E-state index is 13.3. The smallest absolute Gasteiger partial charge is 0.350 e. The van der Waals surface area contributed by atoms with Crippen molar-refractivity contribution in [3.8, 4) is 0 Å². The fourth-order valence-corrected chi connectivity index (χ4v) is 6.89. The molecule has 0 aliphatic carbocycles. The van der Waals surface area contributed by atoms with Crippen LogP contribution in [-0.4, -0.2) is 60.5 Å². The van der Waals surface area contributed by atoms with Gasteiger partial charge in [-0.15, -0.1) is 22.7 Å². The lowest BCUT2D eigenvalue weighted by Crippen LogP contribution is -2.63. The second-order valence-corrected chi connectivity index (χ2v) is 11.6. The Balaban J connectivity index is 1.26. The first kappa shape index (κ1) is 26.3. The number of piperidine rings is 3. The molecule has 0 amide bonds. The number of quaternary nitrogens is 1. The van der Waals surface area contributed by atoms with Gasteiger partial charge in [-0.25, -0.2) is 14.6 Å². The van der Waals surface area contributed by atoms with Gasteiger partial charge >= 0.3 is 11.9 Å². The zero-order valence-electron chi connectivity index (χ0n) is 21.1. The third kappa shape index (κ3) is 5.72. The van der Waals surface area contributed by atoms with Crippen molar-refractivity contribution in [3.63, 3.8) is 0 Å². The van der Waals surface area contributed by atoms with E-state index in [-0.39, 0.29) is 11.7 Å². The Bertz CT molecular complexity index is 1300. The Labute approximate surface area is 229 Å². The molecule has 2 bridgehead atoms. The van der Waals surface area contributed by atoms with Crippen LogP contribution in [0.15, 0.2) is 65.7 Å². The summed E-state index contributed by atoms with van der Waals surface area (Å²) < 4.78 is 11.3. The molecule has 0 spiro atoms. The van der Waals surface area contributed by atoms with Crippen molar-refractivity contribution in [2.24, 2.45) is 11.8 Å². The van der Waals surface area contributed by atoms with Crippen LogP contribution in [0.3, 0.4) is 0 Å². The number of methoxy groups -OCH3 is 1. The number of fused-ring (bicyclic) bond motifs is 3. The Morgan fingerprint density at radius 1 is 1.13 bits per heavy atom. The number of hydrogen-bond donors (Lipinski definition) is 1. The molecule has 198 valence electrons. The lowest BCUT2D eigenvalue weighted by Gasteiger charge is -2.51. The van der Waals surface area contributed by atoms with Crippen molar-refractivity contribution in [3.05, 3.63) is 81.1 Å². The minimum atomic E-state index is -0.806. The first-order valence-corrected chi connectivity index (χ1v) is 14.4. The van der Waals surface area contributed by atoms with Gasteiger partial charge in [-0.3, -0.25) is 4.79 Å². The van der Waals surface area contributed by atoms with Gasteiger partial charge in [-0.1, -0.05) is 30.3 Å². The van der Waals surface area contributed by atoms with Crippen LogP contribution >= 0.6 is 22.7 Å². The van der Waals surface area contributed by atoms with Gasteiger partial charge in [0.25, 0.3) is 0 Å². The number of nitrogens with one attached hydrogen (secondary N) is 1. The zero-order chi connectivity index (χ0) is 26.5. The highest BCUT2D eigenvalue weighted by molar-refractivity contribution is 7.12. The van der Waals surface area contributed by atoms with Crippen LogP contribution in [0.25, 0.3) is 0 Å². The predicted molar refractivity (Wildman–Crippen MR) is 146 cm³/mol. The number of esters is 2. The van der Waals surface area contributed by atoms with E-state index in [2.05, 4.69) is 10.3 Å². The van der Waals surface area contributed by atoms with E-state index >= 15 is 0 Å². The summed E-state index contributed by atoms with van der Waals surface area (Å²) in [6.07, 6.45) is 7.26. The highest BCUT2D eigenvalue weighted by Crippen LogP contribution is 2.39. The molecule has 2 atom stereocenters. The summed E-state index contributed by atoms with van der Waals surface area (Å²) in [6.45, 7) is 3.31. The van der Waals surface area contributed by atoms with Crippen LogP contribution in [0.2, 0.25) is 0 Å². The third-order valence-electron chi connectivity index (χ3n) is 7.52. The molecule has 10 heteroatoms. The summed E-state index contributed by atoms with van der Waals surface area (Å²) in [5, 5.41) is 7.35. The largest absolute Gasteiger partial charge is 0.465 e. The summed E-state index contributed by atoms with van der Waals surface area (Å²) >= 11 is 2.64. The number of carbonyl (C=O) groups excluding carboxylic acids is 3. The van der Waals surface area contributed by atoms with Crippen molar-refractivity contribution >= 4 is 46.1 Å². The maximum Gasteiger partial charge on any atom is 0.350 e. The zero-order valence-corrected chi connectivity index (χ0v) is 22.7. The lowest BCUT2D eigenvalue weighted by molar-refractivity contribution is -0.938. The molecule has 6 rings (SSSR count). The monoisotopic (exact) mass is 552 g/mol. The fourth-order valence-electron chi connectivity index (χ4n) is 5.54. The molecule has 3 aliphatic heterocycles. The second kappa shape index (κ2) is 11.6. The molecule has 0 saturated carbocycles. The Hall–Kier alpha value is -3.34. The number of thiophene rings is 1. The van der Waals surface area contributed by atoms with Crippen LogP contribution in [0.1, 0.15) is 43.9 Å². The van der Waals surface area contributed by atoms with Crippen LogP contribution in [-0.2, 0) is 14.3 Å². The molecular formula is C28H30N3O5S2+. The second-order valence-electron chi connectivity index (χ2n) is 9.80. The molecular weight excluding hydrogens is 522 g/mol. The van der Waals surface area contributed by atoms with Gasteiger partial charge in [0.2, 0.25) is 5.78 Å². The van der Waals surface area contributed by atoms with Crippen molar-refractivity contribution in [2.45, 2.75) is 18.9 Å². The number of aromatic nitrogens is 1. The van der Waals surface area contributed by atoms with Crippen LogP contribution in [0.5, 0.6) is 0 Å². The van der Waals surface area contributed by atoms with E-state index in [1.807, 2.05) is 41.8 Å². The first-order valence-electron chi connectivity index (χ1n) is 12.6. The van der Waals surface area contributed by atoms with Gasteiger partial charge < -0.3 is 19.3 Å². The molecule has 5 heterocycles. The average Bonchev–Trinajstić information content (AvgIpc) is 3.65. The highest BCUT2D eigenvalue weighted by Gasteiger charge is 2.46. The molecule has 3 saturated heterocycles. The molecule has 3 aliphatic rings. The molecule has 1 aromatic carbocycles.